The van der Waals surface area contributed by atoms with Crippen LogP contribution >= 0.6 is 0 Å². The monoisotopic (exact) mass is 244 g/mol. The molecule has 0 aromatic rings. The van der Waals surface area contributed by atoms with Gasteiger partial charge in [0.05, 0.1) is 6.54 Å². The molecule has 0 aromatic carbocycles. The number of hydrogen-bond acceptors (Lipinski definition) is 4. The zero-order chi connectivity index (χ0) is 13.1. The third-order valence-corrected chi connectivity index (χ3v) is 2.37. The molecule has 0 aliphatic rings. The zero-order valence-corrected chi connectivity index (χ0v) is 10.7. The summed E-state index contributed by atoms with van der Waals surface area (Å²) in [5.41, 5.74) is 0. The van der Waals surface area contributed by atoms with Crippen LogP contribution in [0.25, 0.3) is 0 Å². The van der Waals surface area contributed by atoms with Crippen LogP contribution in [-0.2, 0) is 4.79 Å². The summed E-state index contributed by atoms with van der Waals surface area (Å²) >= 11 is 0. The lowest BCUT2D eigenvalue weighted by atomic mass is 10.2. The van der Waals surface area contributed by atoms with Crippen molar-refractivity contribution in [3.63, 3.8) is 0 Å². The van der Waals surface area contributed by atoms with Crippen LogP contribution in [0.15, 0.2) is 11.8 Å². The predicted octanol–water partition coefficient (Wildman–Crippen LogP) is 1.27. The van der Waals surface area contributed by atoms with E-state index in [4.69, 9.17) is 5.11 Å². The molecule has 0 bridgehead atoms. The van der Waals surface area contributed by atoms with Crippen molar-refractivity contribution in [2.24, 2.45) is 0 Å². The van der Waals surface area contributed by atoms with E-state index in [9.17, 15) is 9.90 Å². The van der Waals surface area contributed by atoms with Crippen LogP contribution in [0.4, 0.5) is 0 Å². The maximum atomic E-state index is 10.5. The van der Waals surface area contributed by atoms with Crippen molar-refractivity contribution in [2.75, 3.05) is 19.6 Å². The smallest absolute Gasteiger partial charge is 0.320 e. The van der Waals surface area contributed by atoms with Crippen molar-refractivity contribution in [3.8, 4) is 0 Å². The van der Waals surface area contributed by atoms with Gasteiger partial charge in [0.15, 0.2) is 0 Å². The lowest BCUT2D eigenvalue weighted by Gasteiger charge is -2.09. The number of rotatable bonds is 10. The van der Waals surface area contributed by atoms with E-state index < -0.39 is 12.0 Å². The lowest BCUT2D eigenvalue weighted by molar-refractivity contribution is -0.138. The van der Waals surface area contributed by atoms with Crippen LogP contribution in [0.2, 0.25) is 0 Å². The summed E-state index contributed by atoms with van der Waals surface area (Å²) in [6.07, 6.45) is 4.93. The second-order valence-corrected chi connectivity index (χ2v) is 4.03. The molecule has 5 nitrogen and oxygen atoms in total. The maximum Gasteiger partial charge on any atom is 0.320 e. The van der Waals surface area contributed by atoms with Gasteiger partial charge in [-0.3, -0.25) is 4.79 Å². The average molecular weight is 244 g/mol. The topological polar surface area (TPSA) is 81.6 Å². The molecule has 0 amide bonds. The highest BCUT2D eigenvalue weighted by Gasteiger charge is 2.07. The van der Waals surface area contributed by atoms with Gasteiger partial charge in [0.2, 0.25) is 0 Å². The van der Waals surface area contributed by atoms with Crippen LogP contribution in [0.1, 0.15) is 33.1 Å². The number of nitrogens with one attached hydrogen (secondary N) is 2. The number of hydrogen-bond donors (Lipinski definition) is 4. The molecule has 0 heterocycles. The van der Waals surface area contributed by atoms with Gasteiger partial charge in [0.1, 0.15) is 11.8 Å². The summed E-state index contributed by atoms with van der Waals surface area (Å²) in [6.45, 7) is 5.34. The molecule has 0 saturated carbocycles. The fourth-order valence-electron chi connectivity index (χ4n) is 1.23. The standard InChI is InChI=1S/C12H24N2O3/c1-3-4-5-6-11(15)9-13-7-8-14-10(2)12(16)17/h6,10,13-15H,3-5,7-9H2,1-2H3,(H,16,17)/b11-6-. The Bertz CT molecular complexity index is 242. The van der Waals surface area contributed by atoms with E-state index in [1.54, 1.807) is 6.92 Å². The Balaban J connectivity index is 3.44. The van der Waals surface area contributed by atoms with E-state index in [0.717, 1.165) is 19.3 Å². The van der Waals surface area contributed by atoms with Crippen molar-refractivity contribution in [2.45, 2.75) is 39.2 Å². The van der Waals surface area contributed by atoms with E-state index in [1.165, 1.54) is 0 Å². The molecule has 100 valence electrons. The second kappa shape index (κ2) is 10.1. The molecular formula is C12H24N2O3. The Morgan fingerprint density at radius 1 is 1.35 bits per heavy atom. The average Bonchev–Trinajstić information content (AvgIpc) is 2.28. The maximum absolute atomic E-state index is 10.5. The minimum absolute atomic E-state index is 0.352. The molecule has 0 aliphatic carbocycles. The summed E-state index contributed by atoms with van der Waals surface area (Å²) in [5.74, 6) is -0.503. The molecule has 17 heavy (non-hydrogen) atoms. The van der Waals surface area contributed by atoms with Gasteiger partial charge in [-0.2, -0.15) is 0 Å². The third kappa shape index (κ3) is 9.84. The molecule has 0 aliphatic heterocycles. The van der Waals surface area contributed by atoms with E-state index in [2.05, 4.69) is 17.6 Å². The molecule has 5 heteroatoms. The molecule has 1 atom stereocenters. The number of aliphatic hydroxyl groups is 1. The second-order valence-electron chi connectivity index (χ2n) is 4.03. The van der Waals surface area contributed by atoms with Gasteiger partial charge in [-0.15, -0.1) is 0 Å². The highest BCUT2D eigenvalue weighted by molar-refractivity contribution is 5.72. The Labute approximate surface area is 103 Å². The van der Waals surface area contributed by atoms with E-state index in [0.29, 0.717) is 25.4 Å². The minimum Gasteiger partial charge on any atom is -0.511 e. The normalized spacial score (nSPS) is 13.6. The summed E-state index contributed by atoms with van der Waals surface area (Å²) in [7, 11) is 0. The van der Waals surface area contributed by atoms with Gasteiger partial charge in [-0.05, 0) is 25.8 Å². The van der Waals surface area contributed by atoms with Gasteiger partial charge < -0.3 is 20.8 Å². The van der Waals surface area contributed by atoms with Gasteiger partial charge in [0.25, 0.3) is 0 Å². The fraction of sp³-hybridized carbons (Fsp3) is 0.750. The zero-order valence-electron chi connectivity index (χ0n) is 10.7. The lowest BCUT2D eigenvalue weighted by Crippen LogP contribution is -2.38. The van der Waals surface area contributed by atoms with Crippen molar-refractivity contribution >= 4 is 5.97 Å². The first-order valence-corrected chi connectivity index (χ1v) is 6.12. The van der Waals surface area contributed by atoms with Crippen LogP contribution in [0, 0.1) is 0 Å². The molecule has 0 radical (unpaired) electrons. The Morgan fingerprint density at radius 2 is 2.06 bits per heavy atom. The van der Waals surface area contributed by atoms with Gasteiger partial charge in [-0.1, -0.05) is 13.3 Å². The van der Waals surface area contributed by atoms with Crippen molar-refractivity contribution < 1.29 is 15.0 Å². The summed E-state index contributed by atoms with van der Waals surface area (Å²) in [4.78, 5) is 10.5. The molecule has 0 spiro atoms. The largest absolute Gasteiger partial charge is 0.511 e. The highest BCUT2D eigenvalue weighted by atomic mass is 16.4. The summed E-state index contributed by atoms with van der Waals surface area (Å²) in [5, 5.41) is 23.9. The summed E-state index contributed by atoms with van der Waals surface area (Å²) < 4.78 is 0. The van der Waals surface area contributed by atoms with E-state index in [-0.39, 0.29) is 0 Å². The van der Waals surface area contributed by atoms with Gasteiger partial charge in [0, 0.05) is 13.1 Å². The number of carboxylic acids is 1. The first-order chi connectivity index (χ1) is 8.07. The number of allylic oxidation sites excluding steroid dienone is 1. The molecule has 0 rings (SSSR count). The highest BCUT2D eigenvalue weighted by Crippen LogP contribution is 1.97. The van der Waals surface area contributed by atoms with Crippen LogP contribution in [0.3, 0.4) is 0 Å². The third-order valence-electron chi connectivity index (χ3n) is 2.37. The minimum atomic E-state index is -0.854. The molecule has 1 unspecified atom stereocenters. The Kier molecular flexibility index (Phi) is 9.47. The van der Waals surface area contributed by atoms with Crippen molar-refractivity contribution in [3.05, 3.63) is 11.8 Å². The van der Waals surface area contributed by atoms with Crippen LogP contribution < -0.4 is 10.6 Å². The first-order valence-electron chi connectivity index (χ1n) is 6.12. The van der Waals surface area contributed by atoms with E-state index >= 15 is 0 Å². The molecular weight excluding hydrogens is 220 g/mol. The van der Waals surface area contributed by atoms with E-state index in [1.807, 2.05) is 6.08 Å². The Hall–Kier alpha value is -1.07. The number of aliphatic carboxylic acids is 1. The fourth-order valence-corrected chi connectivity index (χ4v) is 1.23. The molecule has 0 saturated heterocycles. The number of carbonyl (C=O) groups is 1. The number of aliphatic hydroxyl groups excluding tert-OH is 1. The SMILES string of the molecule is CCCC/C=C(\O)CNCCNC(C)C(=O)O. The molecule has 0 aromatic heterocycles. The van der Waals surface area contributed by atoms with Crippen LogP contribution in [0.5, 0.6) is 0 Å². The number of unbranched alkanes of at least 4 members (excludes halogenated alkanes) is 2. The Morgan fingerprint density at radius 3 is 2.65 bits per heavy atom. The first kappa shape index (κ1) is 15.9. The number of carboxylic acid groups (broad SMARTS) is 1. The molecule has 4 N–H and O–H groups in total. The summed E-state index contributed by atoms with van der Waals surface area (Å²) in [6, 6.07) is -0.537. The van der Waals surface area contributed by atoms with Gasteiger partial charge in [-0.25, -0.2) is 0 Å². The predicted molar refractivity (Wildman–Crippen MR) is 68.2 cm³/mol. The molecule has 0 fully saturated rings. The van der Waals surface area contributed by atoms with Crippen LogP contribution in [-0.4, -0.2) is 41.9 Å². The quantitative estimate of drug-likeness (QED) is 0.344. The van der Waals surface area contributed by atoms with Gasteiger partial charge >= 0.3 is 5.97 Å². The van der Waals surface area contributed by atoms with Crippen molar-refractivity contribution in [1.82, 2.24) is 10.6 Å². The van der Waals surface area contributed by atoms with Crippen molar-refractivity contribution in [1.29, 1.82) is 0 Å².